The molecule has 0 atom stereocenters. The van der Waals surface area contributed by atoms with Crippen LogP contribution in [-0.4, -0.2) is 13.1 Å². The van der Waals surface area contributed by atoms with Crippen LogP contribution in [0.1, 0.15) is 13.8 Å². The zero-order valence-corrected chi connectivity index (χ0v) is 7.67. The molecule has 1 aromatic carbocycles. The zero-order valence-electron chi connectivity index (χ0n) is 7.67. The van der Waals surface area contributed by atoms with Crippen molar-refractivity contribution in [1.29, 1.82) is 0 Å². The molecule has 1 N–H and O–H groups in total. The molecule has 1 rings (SSSR count). The molecular formula is C10H15N2. The first-order valence-electron chi connectivity index (χ1n) is 4.34. The molecule has 0 bridgehead atoms. The van der Waals surface area contributed by atoms with E-state index in [1.165, 1.54) is 5.69 Å². The Morgan fingerprint density at radius 1 is 1.08 bits per heavy atom. The normalized spacial score (nSPS) is 9.83. The van der Waals surface area contributed by atoms with Crippen molar-refractivity contribution in [2.24, 2.45) is 0 Å². The molecule has 12 heavy (non-hydrogen) atoms. The Balaban J connectivity index is 2.80. The predicted octanol–water partition coefficient (Wildman–Crippen LogP) is 2.45. The van der Waals surface area contributed by atoms with Gasteiger partial charge in [0, 0.05) is 18.8 Å². The standard InChI is InChI=1S/C10H15N2/c1-3-12(4-2)10-7-5-9(11)6-8-10/h5-8,11H,3-4H2,1-2H3. The van der Waals surface area contributed by atoms with Gasteiger partial charge in [0.05, 0.1) is 5.69 Å². The van der Waals surface area contributed by atoms with Crippen molar-refractivity contribution in [2.45, 2.75) is 13.8 Å². The molecule has 0 amide bonds. The second-order valence-corrected chi connectivity index (χ2v) is 2.72. The van der Waals surface area contributed by atoms with Crippen LogP contribution < -0.4 is 10.6 Å². The predicted molar refractivity (Wildman–Crippen MR) is 52.8 cm³/mol. The third kappa shape index (κ3) is 1.91. The van der Waals surface area contributed by atoms with Gasteiger partial charge < -0.3 is 10.6 Å². The molecule has 0 spiro atoms. The Labute approximate surface area is 74.0 Å². The molecule has 0 saturated heterocycles. The second-order valence-electron chi connectivity index (χ2n) is 2.72. The Hall–Kier alpha value is -1.18. The Kier molecular flexibility index (Phi) is 2.97. The Morgan fingerprint density at radius 2 is 1.58 bits per heavy atom. The van der Waals surface area contributed by atoms with E-state index in [1.807, 2.05) is 24.3 Å². The van der Waals surface area contributed by atoms with Crippen LogP contribution in [0.25, 0.3) is 0 Å². The van der Waals surface area contributed by atoms with E-state index in [1.54, 1.807) is 0 Å². The zero-order chi connectivity index (χ0) is 8.97. The van der Waals surface area contributed by atoms with Crippen LogP contribution in [0.4, 0.5) is 11.4 Å². The van der Waals surface area contributed by atoms with Gasteiger partial charge in [-0.1, -0.05) is 0 Å². The molecular weight excluding hydrogens is 148 g/mol. The molecule has 0 aliphatic rings. The van der Waals surface area contributed by atoms with Gasteiger partial charge in [-0.15, -0.1) is 0 Å². The monoisotopic (exact) mass is 163 g/mol. The van der Waals surface area contributed by atoms with E-state index in [-0.39, 0.29) is 0 Å². The molecule has 2 heteroatoms. The Bertz CT molecular complexity index is 224. The van der Waals surface area contributed by atoms with Crippen LogP contribution in [0.2, 0.25) is 0 Å². The van der Waals surface area contributed by atoms with E-state index >= 15 is 0 Å². The maximum absolute atomic E-state index is 7.33. The highest BCUT2D eigenvalue weighted by Gasteiger charge is 1.99. The van der Waals surface area contributed by atoms with Crippen molar-refractivity contribution < 1.29 is 0 Å². The van der Waals surface area contributed by atoms with E-state index in [4.69, 9.17) is 5.73 Å². The van der Waals surface area contributed by atoms with Crippen LogP contribution in [-0.2, 0) is 0 Å². The number of benzene rings is 1. The minimum atomic E-state index is 0.575. The number of anilines is 1. The van der Waals surface area contributed by atoms with E-state index in [0.29, 0.717) is 5.69 Å². The van der Waals surface area contributed by atoms with Crippen molar-refractivity contribution in [3.05, 3.63) is 24.3 Å². The minimum Gasteiger partial charge on any atom is -0.372 e. The van der Waals surface area contributed by atoms with Crippen molar-refractivity contribution in [3.63, 3.8) is 0 Å². The first-order valence-corrected chi connectivity index (χ1v) is 4.34. The topological polar surface area (TPSA) is 27.0 Å². The molecule has 0 aromatic heterocycles. The maximum Gasteiger partial charge on any atom is 0.0541 e. The third-order valence-electron chi connectivity index (χ3n) is 2.00. The first-order chi connectivity index (χ1) is 5.77. The molecule has 65 valence electrons. The molecule has 1 radical (unpaired) electrons. The fourth-order valence-corrected chi connectivity index (χ4v) is 1.26. The molecule has 0 aliphatic heterocycles. The number of nitrogens with zero attached hydrogens (tertiary/aromatic N) is 1. The summed E-state index contributed by atoms with van der Waals surface area (Å²) in [5.41, 5.74) is 9.11. The van der Waals surface area contributed by atoms with Gasteiger partial charge in [-0.05, 0) is 38.1 Å². The number of rotatable bonds is 3. The molecule has 0 saturated carbocycles. The van der Waals surface area contributed by atoms with Crippen molar-refractivity contribution >= 4 is 11.4 Å². The highest BCUT2D eigenvalue weighted by molar-refractivity contribution is 5.51. The summed E-state index contributed by atoms with van der Waals surface area (Å²) < 4.78 is 0. The van der Waals surface area contributed by atoms with Crippen LogP contribution in [0.3, 0.4) is 0 Å². The lowest BCUT2D eigenvalue weighted by molar-refractivity contribution is 0.866. The molecule has 0 heterocycles. The summed E-state index contributed by atoms with van der Waals surface area (Å²) in [6.07, 6.45) is 0. The van der Waals surface area contributed by atoms with Crippen LogP contribution in [0, 0.1) is 0 Å². The summed E-state index contributed by atoms with van der Waals surface area (Å²) in [6.45, 7) is 6.32. The smallest absolute Gasteiger partial charge is 0.0541 e. The molecule has 0 aliphatic carbocycles. The molecule has 2 nitrogen and oxygen atoms in total. The third-order valence-corrected chi connectivity index (χ3v) is 2.00. The van der Waals surface area contributed by atoms with Gasteiger partial charge in [-0.2, -0.15) is 0 Å². The van der Waals surface area contributed by atoms with Gasteiger partial charge in [0.2, 0.25) is 0 Å². The van der Waals surface area contributed by atoms with Crippen LogP contribution in [0.5, 0.6) is 0 Å². The lowest BCUT2D eigenvalue weighted by Crippen LogP contribution is -2.21. The highest BCUT2D eigenvalue weighted by atomic mass is 15.1. The first kappa shape index (κ1) is 8.91. The van der Waals surface area contributed by atoms with E-state index < -0.39 is 0 Å². The lowest BCUT2D eigenvalue weighted by atomic mass is 10.2. The number of hydrogen-bond donors (Lipinski definition) is 0. The number of hydrogen-bond acceptors (Lipinski definition) is 1. The second kappa shape index (κ2) is 4.00. The van der Waals surface area contributed by atoms with E-state index in [2.05, 4.69) is 18.7 Å². The molecule has 1 aromatic rings. The van der Waals surface area contributed by atoms with Gasteiger partial charge in [0.25, 0.3) is 0 Å². The summed E-state index contributed by atoms with van der Waals surface area (Å²) in [4.78, 5) is 2.26. The van der Waals surface area contributed by atoms with Crippen molar-refractivity contribution in [3.8, 4) is 0 Å². The summed E-state index contributed by atoms with van der Waals surface area (Å²) in [5.74, 6) is 0. The van der Waals surface area contributed by atoms with Gasteiger partial charge in [0.15, 0.2) is 0 Å². The van der Waals surface area contributed by atoms with E-state index in [0.717, 1.165) is 13.1 Å². The maximum atomic E-state index is 7.33. The van der Waals surface area contributed by atoms with Crippen LogP contribution >= 0.6 is 0 Å². The van der Waals surface area contributed by atoms with Crippen molar-refractivity contribution in [2.75, 3.05) is 18.0 Å². The van der Waals surface area contributed by atoms with Crippen LogP contribution in [0.15, 0.2) is 24.3 Å². The fraction of sp³-hybridized carbons (Fsp3) is 0.400. The highest BCUT2D eigenvalue weighted by Crippen LogP contribution is 2.15. The minimum absolute atomic E-state index is 0.575. The number of nitrogens with one attached hydrogen (secondary N) is 1. The molecule has 0 fully saturated rings. The van der Waals surface area contributed by atoms with Gasteiger partial charge in [0.1, 0.15) is 0 Å². The SMILES string of the molecule is CCN(CC)c1ccc([NH])cc1. The average molecular weight is 163 g/mol. The summed E-state index contributed by atoms with van der Waals surface area (Å²) in [6, 6.07) is 7.64. The summed E-state index contributed by atoms with van der Waals surface area (Å²) >= 11 is 0. The quantitative estimate of drug-likeness (QED) is 0.672. The fourth-order valence-electron chi connectivity index (χ4n) is 1.26. The summed E-state index contributed by atoms with van der Waals surface area (Å²) in [7, 11) is 0. The Morgan fingerprint density at radius 3 is 2.00 bits per heavy atom. The van der Waals surface area contributed by atoms with Gasteiger partial charge >= 0.3 is 0 Å². The van der Waals surface area contributed by atoms with Gasteiger partial charge in [-0.25, -0.2) is 0 Å². The largest absolute Gasteiger partial charge is 0.372 e. The summed E-state index contributed by atoms with van der Waals surface area (Å²) in [5, 5.41) is 0. The van der Waals surface area contributed by atoms with E-state index in [9.17, 15) is 0 Å². The lowest BCUT2D eigenvalue weighted by Gasteiger charge is -2.20. The van der Waals surface area contributed by atoms with Crippen molar-refractivity contribution in [1.82, 2.24) is 5.73 Å². The average Bonchev–Trinajstić information content (AvgIpc) is 2.10. The molecule has 0 unspecified atom stereocenters. The van der Waals surface area contributed by atoms with Gasteiger partial charge in [-0.3, -0.25) is 0 Å².